The molecular formula is C27H32O2P+. The van der Waals surface area contributed by atoms with Crippen LogP contribution in [0.4, 0.5) is 0 Å². The van der Waals surface area contributed by atoms with E-state index >= 15 is 0 Å². The standard InChI is InChI=1S/C27H32O2P/c1-24(28)29-22-14-3-2-4-15-23-30(25-16-8-5-9-17-25,26-18-10-6-11-19-26)27-20-12-7-13-21-27/h5-13,16-21H,2-4,14-15,22-23H2,1H3/q+1. The lowest BCUT2D eigenvalue weighted by molar-refractivity contribution is -0.141. The molecule has 0 heterocycles. The van der Waals surface area contributed by atoms with Crippen LogP contribution >= 0.6 is 7.26 Å². The van der Waals surface area contributed by atoms with E-state index in [4.69, 9.17) is 4.74 Å². The van der Waals surface area contributed by atoms with Gasteiger partial charge in [-0.1, -0.05) is 67.4 Å². The van der Waals surface area contributed by atoms with Crippen LogP contribution in [0.2, 0.25) is 0 Å². The number of hydrogen-bond donors (Lipinski definition) is 0. The number of carbonyl (C=O) groups excluding carboxylic acids is 1. The van der Waals surface area contributed by atoms with Crippen molar-refractivity contribution in [2.45, 2.75) is 39.0 Å². The van der Waals surface area contributed by atoms with Gasteiger partial charge in [0.1, 0.15) is 23.2 Å². The number of benzene rings is 3. The van der Waals surface area contributed by atoms with E-state index in [1.165, 1.54) is 48.3 Å². The molecule has 0 aliphatic carbocycles. The molecule has 3 aromatic rings. The molecule has 0 aromatic heterocycles. The largest absolute Gasteiger partial charge is 0.466 e. The first-order valence-corrected chi connectivity index (χ1v) is 12.9. The van der Waals surface area contributed by atoms with Crippen LogP contribution < -0.4 is 15.9 Å². The van der Waals surface area contributed by atoms with Crippen molar-refractivity contribution < 1.29 is 9.53 Å². The first-order chi connectivity index (χ1) is 14.7. The normalized spacial score (nSPS) is 11.2. The van der Waals surface area contributed by atoms with Crippen LogP contribution in [0.5, 0.6) is 0 Å². The first kappa shape index (κ1) is 22.2. The molecule has 0 radical (unpaired) electrons. The second-order valence-corrected chi connectivity index (χ2v) is 11.3. The number of carbonyl (C=O) groups is 1. The summed E-state index contributed by atoms with van der Waals surface area (Å²) in [6, 6.07) is 33.2. The van der Waals surface area contributed by atoms with Gasteiger partial charge < -0.3 is 4.74 Å². The summed E-state index contributed by atoms with van der Waals surface area (Å²) in [7, 11) is -1.70. The highest BCUT2D eigenvalue weighted by molar-refractivity contribution is 7.95. The molecule has 0 saturated carbocycles. The molecule has 0 fully saturated rings. The van der Waals surface area contributed by atoms with Gasteiger partial charge in [-0.05, 0) is 55.7 Å². The lowest BCUT2D eigenvalue weighted by atomic mass is 10.2. The summed E-state index contributed by atoms with van der Waals surface area (Å²) in [6.07, 6.45) is 6.82. The Morgan fingerprint density at radius 3 is 1.47 bits per heavy atom. The third-order valence-electron chi connectivity index (χ3n) is 5.53. The van der Waals surface area contributed by atoms with Crippen LogP contribution in [0.1, 0.15) is 39.0 Å². The van der Waals surface area contributed by atoms with Crippen LogP contribution in [-0.2, 0) is 9.53 Å². The van der Waals surface area contributed by atoms with Crippen molar-refractivity contribution in [3.05, 3.63) is 91.0 Å². The van der Waals surface area contributed by atoms with E-state index in [9.17, 15) is 4.79 Å². The summed E-state index contributed by atoms with van der Waals surface area (Å²) < 4.78 is 5.04. The van der Waals surface area contributed by atoms with Gasteiger partial charge in [-0.3, -0.25) is 4.79 Å². The Labute approximate surface area is 181 Å². The van der Waals surface area contributed by atoms with Gasteiger partial charge in [0.05, 0.1) is 12.8 Å². The highest BCUT2D eigenvalue weighted by atomic mass is 31.2. The molecular weight excluding hydrogens is 387 g/mol. The Balaban J connectivity index is 1.79. The van der Waals surface area contributed by atoms with Crippen molar-refractivity contribution in [1.82, 2.24) is 0 Å². The summed E-state index contributed by atoms with van der Waals surface area (Å²) in [6.45, 7) is 2.02. The fourth-order valence-corrected chi connectivity index (χ4v) is 8.49. The molecule has 0 spiro atoms. The van der Waals surface area contributed by atoms with E-state index in [2.05, 4.69) is 91.0 Å². The van der Waals surface area contributed by atoms with E-state index in [-0.39, 0.29) is 5.97 Å². The smallest absolute Gasteiger partial charge is 0.302 e. The highest BCUT2D eigenvalue weighted by Gasteiger charge is 2.44. The number of esters is 1. The molecule has 0 atom stereocenters. The van der Waals surface area contributed by atoms with Crippen molar-refractivity contribution in [3.63, 3.8) is 0 Å². The minimum Gasteiger partial charge on any atom is -0.466 e. The summed E-state index contributed by atoms with van der Waals surface area (Å²) in [5, 5.41) is 4.37. The zero-order valence-electron chi connectivity index (χ0n) is 17.9. The zero-order chi connectivity index (χ0) is 21.1. The Hall–Kier alpha value is -2.44. The fraction of sp³-hybridized carbons (Fsp3) is 0.296. The number of ether oxygens (including phenoxy) is 1. The molecule has 0 unspecified atom stereocenters. The van der Waals surface area contributed by atoms with Gasteiger partial charge in [-0.2, -0.15) is 0 Å². The number of unbranched alkanes of at least 4 members (excludes halogenated alkanes) is 4. The van der Waals surface area contributed by atoms with Crippen molar-refractivity contribution in [2.75, 3.05) is 12.8 Å². The molecule has 3 aromatic carbocycles. The molecule has 0 bridgehead atoms. The van der Waals surface area contributed by atoms with Crippen LogP contribution in [0.3, 0.4) is 0 Å². The zero-order valence-corrected chi connectivity index (χ0v) is 18.8. The summed E-state index contributed by atoms with van der Waals surface area (Å²) in [5.41, 5.74) is 0. The molecule has 3 rings (SSSR count). The molecule has 30 heavy (non-hydrogen) atoms. The van der Waals surface area contributed by atoms with Crippen molar-refractivity contribution in [1.29, 1.82) is 0 Å². The van der Waals surface area contributed by atoms with Gasteiger partial charge >= 0.3 is 5.97 Å². The van der Waals surface area contributed by atoms with Gasteiger partial charge in [0, 0.05) is 6.92 Å². The van der Waals surface area contributed by atoms with Gasteiger partial charge in [-0.15, -0.1) is 0 Å². The fourth-order valence-electron chi connectivity index (χ4n) is 4.08. The monoisotopic (exact) mass is 419 g/mol. The third-order valence-corrected chi connectivity index (χ3v) is 10.1. The van der Waals surface area contributed by atoms with Crippen LogP contribution in [0, 0.1) is 0 Å². The Morgan fingerprint density at radius 2 is 1.03 bits per heavy atom. The molecule has 0 aliphatic rings. The lowest BCUT2D eigenvalue weighted by Crippen LogP contribution is -2.33. The molecule has 0 saturated heterocycles. The quantitative estimate of drug-likeness (QED) is 0.233. The summed E-state index contributed by atoms with van der Waals surface area (Å²) in [5.74, 6) is -0.182. The Morgan fingerprint density at radius 1 is 0.633 bits per heavy atom. The SMILES string of the molecule is CC(=O)OCCCCCCC[P+](c1ccccc1)(c1ccccc1)c1ccccc1. The van der Waals surface area contributed by atoms with Crippen LogP contribution in [0.15, 0.2) is 91.0 Å². The predicted molar refractivity (Wildman–Crippen MR) is 130 cm³/mol. The Kier molecular flexibility index (Phi) is 8.66. The first-order valence-electron chi connectivity index (χ1n) is 10.9. The molecule has 0 aliphatic heterocycles. The van der Waals surface area contributed by atoms with Crippen molar-refractivity contribution in [3.8, 4) is 0 Å². The molecule has 0 amide bonds. The molecule has 2 nitrogen and oxygen atoms in total. The summed E-state index contributed by atoms with van der Waals surface area (Å²) >= 11 is 0. The van der Waals surface area contributed by atoms with Gasteiger partial charge in [0.25, 0.3) is 0 Å². The maximum Gasteiger partial charge on any atom is 0.302 e. The predicted octanol–water partition coefficient (Wildman–Crippen LogP) is 5.49. The maximum absolute atomic E-state index is 10.9. The highest BCUT2D eigenvalue weighted by Crippen LogP contribution is 2.55. The van der Waals surface area contributed by atoms with Crippen LogP contribution in [-0.4, -0.2) is 18.7 Å². The lowest BCUT2D eigenvalue weighted by Gasteiger charge is -2.27. The topological polar surface area (TPSA) is 26.3 Å². The van der Waals surface area contributed by atoms with Gasteiger partial charge in [0.15, 0.2) is 0 Å². The number of rotatable bonds is 11. The average Bonchev–Trinajstić information content (AvgIpc) is 2.80. The summed E-state index contributed by atoms with van der Waals surface area (Å²) in [4.78, 5) is 10.9. The van der Waals surface area contributed by atoms with Gasteiger partial charge in [-0.25, -0.2) is 0 Å². The molecule has 0 N–H and O–H groups in total. The van der Waals surface area contributed by atoms with Crippen molar-refractivity contribution >= 4 is 29.1 Å². The second kappa shape index (κ2) is 11.7. The van der Waals surface area contributed by atoms with E-state index in [0.29, 0.717) is 6.61 Å². The van der Waals surface area contributed by atoms with E-state index in [0.717, 1.165) is 12.8 Å². The van der Waals surface area contributed by atoms with Crippen LogP contribution in [0.25, 0.3) is 0 Å². The third kappa shape index (κ3) is 5.80. The Bertz CT molecular complexity index is 782. The molecule has 156 valence electrons. The van der Waals surface area contributed by atoms with E-state index in [1.54, 1.807) is 0 Å². The molecule has 3 heteroatoms. The van der Waals surface area contributed by atoms with Gasteiger partial charge in [0.2, 0.25) is 0 Å². The number of hydrogen-bond acceptors (Lipinski definition) is 2. The van der Waals surface area contributed by atoms with E-state index in [1.807, 2.05) is 0 Å². The minimum absolute atomic E-state index is 0.182. The second-order valence-electron chi connectivity index (χ2n) is 7.65. The average molecular weight is 420 g/mol. The van der Waals surface area contributed by atoms with Crippen molar-refractivity contribution in [2.24, 2.45) is 0 Å². The maximum atomic E-state index is 10.9. The van der Waals surface area contributed by atoms with E-state index < -0.39 is 7.26 Å². The minimum atomic E-state index is -1.70.